The quantitative estimate of drug-likeness (QED) is 0.533. The molecule has 0 unspecified atom stereocenters. The van der Waals surface area contributed by atoms with E-state index in [2.05, 4.69) is 42.2 Å². The van der Waals surface area contributed by atoms with Crippen LogP contribution < -0.4 is 14.8 Å². The van der Waals surface area contributed by atoms with Crippen molar-refractivity contribution in [1.82, 2.24) is 25.1 Å². The van der Waals surface area contributed by atoms with E-state index in [9.17, 15) is 0 Å². The molecule has 9 nitrogen and oxygen atoms in total. The summed E-state index contributed by atoms with van der Waals surface area (Å²) in [5.41, 5.74) is 1.67. The van der Waals surface area contributed by atoms with Crippen molar-refractivity contribution in [3.05, 3.63) is 48.1 Å². The van der Waals surface area contributed by atoms with Crippen molar-refractivity contribution in [2.24, 2.45) is 0 Å². The van der Waals surface area contributed by atoms with Gasteiger partial charge in [-0.15, -0.1) is 4.98 Å². The molecule has 31 heavy (non-hydrogen) atoms. The van der Waals surface area contributed by atoms with Crippen molar-refractivity contribution >= 4 is 17.5 Å². The number of H-pyrrole nitrogens is 1. The smallest absolute Gasteiger partial charge is 0.288 e. The van der Waals surface area contributed by atoms with Crippen molar-refractivity contribution in [2.45, 2.75) is 25.8 Å². The second kappa shape index (κ2) is 9.45. The monoisotopic (exact) mass is 419 g/mol. The largest absolute Gasteiger partial charge is 0.496 e. The predicted molar refractivity (Wildman–Crippen MR) is 118 cm³/mol. The van der Waals surface area contributed by atoms with Crippen molar-refractivity contribution in [3.8, 4) is 22.8 Å². The first-order valence-electron chi connectivity index (χ1n) is 10.3. The minimum Gasteiger partial charge on any atom is -0.496 e. The molecule has 1 aliphatic heterocycles. The van der Waals surface area contributed by atoms with Crippen molar-refractivity contribution in [2.75, 3.05) is 32.1 Å². The van der Waals surface area contributed by atoms with Gasteiger partial charge in [0.05, 0.1) is 19.0 Å². The lowest BCUT2D eigenvalue weighted by Gasteiger charge is -2.23. The number of ether oxygens (including phenoxy) is 2. The van der Waals surface area contributed by atoms with Gasteiger partial charge in [0.2, 0.25) is 0 Å². The molecule has 4 rings (SSSR count). The second-order valence-corrected chi connectivity index (χ2v) is 7.26. The number of likely N-dealkylation sites (N-methyl/N-ethyl adjacent to an activating group) is 1. The minimum atomic E-state index is 0.246. The number of rotatable bonds is 8. The highest BCUT2D eigenvalue weighted by atomic mass is 16.5. The zero-order valence-electron chi connectivity index (χ0n) is 17.6. The van der Waals surface area contributed by atoms with Gasteiger partial charge in [-0.1, -0.05) is 13.5 Å². The Hall–Kier alpha value is -3.64. The van der Waals surface area contributed by atoms with Crippen LogP contribution in [0.3, 0.4) is 0 Å². The van der Waals surface area contributed by atoms with Crippen LogP contribution in [0.15, 0.2) is 36.7 Å². The zero-order valence-corrected chi connectivity index (χ0v) is 17.6. The molecule has 1 aliphatic rings. The maximum absolute atomic E-state index is 6.94. The average Bonchev–Trinajstić information content (AvgIpc) is 3.47. The molecule has 2 aromatic heterocycles. The van der Waals surface area contributed by atoms with E-state index in [1.807, 2.05) is 24.3 Å². The fraction of sp³-hybridized carbons (Fsp3) is 0.364. The summed E-state index contributed by atoms with van der Waals surface area (Å²) in [5.74, 6) is 2.83. The molecular weight excluding hydrogens is 394 g/mol. The first-order valence-corrected chi connectivity index (χ1v) is 10.3. The van der Waals surface area contributed by atoms with Crippen molar-refractivity contribution < 1.29 is 9.47 Å². The Morgan fingerprint density at radius 2 is 2.16 bits per heavy atom. The number of anilines is 2. The molecule has 3 aromatic rings. The van der Waals surface area contributed by atoms with Gasteiger partial charge in [-0.2, -0.15) is 5.10 Å². The fourth-order valence-electron chi connectivity index (χ4n) is 3.77. The van der Waals surface area contributed by atoms with E-state index in [0.717, 1.165) is 30.1 Å². The lowest BCUT2D eigenvalue weighted by molar-refractivity contribution is 0.178. The van der Waals surface area contributed by atoms with Gasteiger partial charge in [0.15, 0.2) is 17.8 Å². The average molecular weight is 419 g/mol. The highest BCUT2D eigenvalue weighted by Gasteiger charge is 2.23. The number of nitrogens with one attached hydrogen (secondary N) is 2. The Balaban J connectivity index is 1.45. The number of hydrogen-bond acceptors (Lipinski definition) is 7. The third kappa shape index (κ3) is 4.75. The van der Waals surface area contributed by atoms with E-state index < -0.39 is 0 Å². The van der Waals surface area contributed by atoms with Crippen LogP contribution in [-0.2, 0) is 0 Å². The molecule has 2 N–H and O–H groups in total. The number of methoxy groups -OCH3 is 1. The number of aromatic nitrogens is 4. The molecular formula is C22H25N7O2. The highest BCUT2D eigenvalue weighted by Crippen LogP contribution is 2.34. The molecule has 0 bridgehead atoms. The molecule has 3 heterocycles. The van der Waals surface area contributed by atoms with Gasteiger partial charge in [-0.3, -0.25) is 10.00 Å². The van der Waals surface area contributed by atoms with E-state index in [0.29, 0.717) is 30.0 Å². The van der Waals surface area contributed by atoms with Crippen LogP contribution in [-0.4, -0.2) is 57.9 Å². The highest BCUT2D eigenvalue weighted by molar-refractivity contribution is 5.71. The van der Waals surface area contributed by atoms with Gasteiger partial charge in [0, 0.05) is 23.7 Å². The van der Waals surface area contributed by atoms with Crippen LogP contribution in [0.1, 0.15) is 19.8 Å². The first kappa shape index (κ1) is 20.6. The zero-order chi connectivity index (χ0) is 21.6. The summed E-state index contributed by atoms with van der Waals surface area (Å²) in [6.45, 7) is 12.0. The van der Waals surface area contributed by atoms with E-state index in [4.69, 9.17) is 16.0 Å². The van der Waals surface area contributed by atoms with Gasteiger partial charge < -0.3 is 19.6 Å². The lowest BCUT2D eigenvalue weighted by Crippen LogP contribution is -2.33. The van der Waals surface area contributed by atoms with Crippen LogP contribution in [0, 0.1) is 6.57 Å². The Kier molecular flexibility index (Phi) is 6.29. The van der Waals surface area contributed by atoms with Crippen LogP contribution in [0.4, 0.5) is 17.5 Å². The molecule has 160 valence electrons. The summed E-state index contributed by atoms with van der Waals surface area (Å²) in [6.07, 6.45) is 5.32. The molecule has 0 spiro atoms. The third-order valence-corrected chi connectivity index (χ3v) is 5.40. The van der Waals surface area contributed by atoms with Gasteiger partial charge in [0.1, 0.15) is 18.1 Å². The van der Waals surface area contributed by atoms with Crippen LogP contribution in [0.2, 0.25) is 0 Å². The molecule has 1 fully saturated rings. The number of nitrogens with zero attached hydrogens (tertiary/aromatic N) is 5. The Labute approximate surface area is 181 Å². The molecule has 0 amide bonds. The summed E-state index contributed by atoms with van der Waals surface area (Å²) >= 11 is 0. The van der Waals surface area contributed by atoms with Gasteiger partial charge in [0.25, 0.3) is 5.82 Å². The Morgan fingerprint density at radius 1 is 1.26 bits per heavy atom. The van der Waals surface area contributed by atoms with Gasteiger partial charge >= 0.3 is 0 Å². The van der Waals surface area contributed by atoms with E-state index in [1.165, 1.54) is 25.2 Å². The Bertz CT molecular complexity index is 1060. The van der Waals surface area contributed by atoms with E-state index in [-0.39, 0.29) is 5.82 Å². The first-order chi connectivity index (χ1) is 15.2. The molecule has 0 aliphatic carbocycles. The van der Waals surface area contributed by atoms with Crippen molar-refractivity contribution in [1.29, 1.82) is 0 Å². The van der Waals surface area contributed by atoms with E-state index in [1.54, 1.807) is 7.11 Å². The number of benzene rings is 1. The Morgan fingerprint density at radius 3 is 2.90 bits per heavy atom. The van der Waals surface area contributed by atoms with Crippen LogP contribution in [0.5, 0.6) is 11.5 Å². The fourth-order valence-corrected chi connectivity index (χ4v) is 3.77. The summed E-state index contributed by atoms with van der Waals surface area (Å²) in [4.78, 5) is 13.8. The maximum Gasteiger partial charge on any atom is 0.288 e. The standard InChI is InChI=1S/C22H25N7O2/c1-4-29-9-5-6-15(29)14-31-16-7-8-17(19(10-16)30-3)18-11-20(28-27-18)26-22-13-24-21(23-2)12-25-22/h7-8,10-13,15H,4-6,9,14H2,1,3H3,(H2,25,26,27,28)/t15-/m0/s1. The molecule has 1 saturated heterocycles. The predicted octanol–water partition coefficient (Wildman–Crippen LogP) is 4.03. The second-order valence-electron chi connectivity index (χ2n) is 7.26. The molecule has 1 aromatic carbocycles. The molecule has 0 saturated carbocycles. The topological polar surface area (TPSA) is 92.6 Å². The minimum absolute atomic E-state index is 0.246. The van der Waals surface area contributed by atoms with Crippen LogP contribution >= 0.6 is 0 Å². The van der Waals surface area contributed by atoms with E-state index >= 15 is 0 Å². The third-order valence-electron chi connectivity index (χ3n) is 5.40. The van der Waals surface area contributed by atoms with Crippen LogP contribution in [0.25, 0.3) is 16.1 Å². The number of hydrogen-bond donors (Lipinski definition) is 2. The number of likely N-dealkylation sites (tertiary alicyclic amines) is 1. The normalized spacial score (nSPS) is 16.1. The van der Waals surface area contributed by atoms with Gasteiger partial charge in [-0.25, -0.2) is 4.98 Å². The molecule has 0 radical (unpaired) electrons. The van der Waals surface area contributed by atoms with Gasteiger partial charge in [-0.05, 0) is 38.1 Å². The SMILES string of the molecule is [C-]#[N+]c1cnc(Nc2cc(-c3ccc(OC[C@@H]4CCCN4CC)cc3OC)[nH]n2)cn1. The lowest BCUT2D eigenvalue weighted by atomic mass is 10.1. The summed E-state index contributed by atoms with van der Waals surface area (Å²) in [5, 5.41) is 10.4. The maximum atomic E-state index is 6.94. The summed E-state index contributed by atoms with van der Waals surface area (Å²) in [6, 6.07) is 8.15. The molecule has 9 heteroatoms. The summed E-state index contributed by atoms with van der Waals surface area (Å²) < 4.78 is 11.7. The summed E-state index contributed by atoms with van der Waals surface area (Å²) in [7, 11) is 1.64. The number of aromatic amines is 1. The van der Waals surface area contributed by atoms with Crippen molar-refractivity contribution in [3.63, 3.8) is 0 Å². The molecule has 1 atom stereocenters.